The molecule has 0 aromatic carbocycles. The van der Waals surface area contributed by atoms with Crippen LogP contribution in [0, 0.1) is 0 Å². The van der Waals surface area contributed by atoms with E-state index in [0.29, 0.717) is 18.8 Å². The molecule has 2 N–H and O–H groups in total. The second-order valence-corrected chi connectivity index (χ2v) is 3.16. The number of hydrogen-bond donors (Lipinski definition) is 2. The number of nitrogens with zero attached hydrogens (tertiary/aromatic N) is 3. The lowest BCUT2D eigenvalue weighted by Crippen LogP contribution is -2.27. The first kappa shape index (κ1) is 12.2. The molecule has 0 aliphatic heterocycles. The first-order valence-electron chi connectivity index (χ1n) is 5.12. The molecule has 0 spiro atoms. The maximum absolute atomic E-state index is 11.2. The summed E-state index contributed by atoms with van der Waals surface area (Å²) in [7, 11) is 0. The van der Waals surface area contributed by atoms with Gasteiger partial charge in [-0.2, -0.15) is 0 Å². The number of anilines is 1. The highest BCUT2D eigenvalue weighted by Gasteiger charge is 2.06. The largest absolute Gasteiger partial charge is 0.355 e. The van der Waals surface area contributed by atoms with E-state index >= 15 is 0 Å². The Balaban J connectivity index is 2.51. The normalized spacial score (nSPS) is 9.88. The Morgan fingerprint density at radius 3 is 2.75 bits per heavy atom. The number of likely N-dealkylation sites (N-methyl/N-ethyl adjacent to an activating group) is 1. The third-order valence-electron chi connectivity index (χ3n) is 1.81. The molecule has 2 amide bonds. The highest BCUT2D eigenvalue weighted by atomic mass is 16.2. The molecule has 0 radical (unpaired) electrons. The van der Waals surface area contributed by atoms with Crippen molar-refractivity contribution in [1.82, 2.24) is 20.3 Å². The molecule has 1 aromatic rings. The van der Waals surface area contributed by atoms with Crippen molar-refractivity contribution >= 4 is 17.6 Å². The standard InChI is InChI=1S/C9H15N5O2/c1-3-8(15)11-7-5-14(13-12-7)6-9(16)10-4-2/h5H,3-4,6H2,1-2H3,(H,10,16)(H,11,15). The zero-order valence-electron chi connectivity index (χ0n) is 9.36. The molecule has 0 fully saturated rings. The van der Waals surface area contributed by atoms with E-state index in [-0.39, 0.29) is 18.4 Å². The van der Waals surface area contributed by atoms with Crippen LogP contribution in [0.25, 0.3) is 0 Å². The first-order chi connectivity index (χ1) is 7.65. The highest BCUT2D eigenvalue weighted by Crippen LogP contribution is 2.00. The zero-order valence-corrected chi connectivity index (χ0v) is 9.36. The molecule has 0 aliphatic carbocycles. The molecule has 0 bridgehead atoms. The van der Waals surface area contributed by atoms with Gasteiger partial charge in [-0.25, -0.2) is 4.68 Å². The van der Waals surface area contributed by atoms with E-state index < -0.39 is 0 Å². The molecule has 0 saturated carbocycles. The molecular weight excluding hydrogens is 210 g/mol. The highest BCUT2D eigenvalue weighted by molar-refractivity contribution is 5.89. The average molecular weight is 225 g/mol. The summed E-state index contributed by atoms with van der Waals surface area (Å²) in [4.78, 5) is 22.3. The molecule has 88 valence electrons. The minimum Gasteiger partial charge on any atom is -0.355 e. The zero-order chi connectivity index (χ0) is 12.0. The van der Waals surface area contributed by atoms with Crippen LogP contribution in [0.5, 0.6) is 0 Å². The fourth-order valence-electron chi connectivity index (χ4n) is 1.06. The third kappa shape index (κ3) is 3.68. The van der Waals surface area contributed by atoms with Crippen LogP contribution in [0.15, 0.2) is 6.20 Å². The summed E-state index contributed by atoms with van der Waals surface area (Å²) in [5, 5.41) is 12.6. The second kappa shape index (κ2) is 5.84. The smallest absolute Gasteiger partial charge is 0.241 e. The lowest BCUT2D eigenvalue weighted by molar-refractivity contribution is -0.121. The summed E-state index contributed by atoms with van der Waals surface area (Å²) in [5.74, 6) is 0.0852. The van der Waals surface area contributed by atoms with E-state index in [9.17, 15) is 9.59 Å². The van der Waals surface area contributed by atoms with Crippen LogP contribution in [-0.4, -0.2) is 33.4 Å². The summed E-state index contributed by atoms with van der Waals surface area (Å²) < 4.78 is 1.37. The van der Waals surface area contributed by atoms with Crippen molar-refractivity contribution < 1.29 is 9.59 Å². The monoisotopic (exact) mass is 225 g/mol. The summed E-state index contributed by atoms with van der Waals surface area (Å²) >= 11 is 0. The molecule has 1 aromatic heterocycles. The van der Waals surface area contributed by atoms with Crippen molar-refractivity contribution in [3.63, 3.8) is 0 Å². The lowest BCUT2D eigenvalue weighted by atomic mass is 10.4. The van der Waals surface area contributed by atoms with Crippen LogP contribution in [0.1, 0.15) is 20.3 Å². The molecular formula is C9H15N5O2. The number of rotatable bonds is 5. The molecule has 0 unspecified atom stereocenters. The minimum absolute atomic E-state index is 0.100. The van der Waals surface area contributed by atoms with E-state index in [1.165, 1.54) is 10.9 Å². The Morgan fingerprint density at radius 2 is 2.12 bits per heavy atom. The van der Waals surface area contributed by atoms with Gasteiger partial charge in [-0.3, -0.25) is 9.59 Å². The van der Waals surface area contributed by atoms with Crippen molar-refractivity contribution in [3.8, 4) is 0 Å². The molecule has 1 heterocycles. The van der Waals surface area contributed by atoms with Gasteiger partial charge in [0.2, 0.25) is 11.8 Å². The van der Waals surface area contributed by atoms with Crippen molar-refractivity contribution in [2.24, 2.45) is 0 Å². The van der Waals surface area contributed by atoms with Gasteiger partial charge in [0.25, 0.3) is 0 Å². The molecule has 7 nitrogen and oxygen atoms in total. The second-order valence-electron chi connectivity index (χ2n) is 3.16. The van der Waals surface area contributed by atoms with Crippen molar-refractivity contribution in [1.29, 1.82) is 0 Å². The fraction of sp³-hybridized carbons (Fsp3) is 0.556. The van der Waals surface area contributed by atoms with Gasteiger partial charge in [0, 0.05) is 13.0 Å². The number of hydrogen-bond acceptors (Lipinski definition) is 4. The van der Waals surface area contributed by atoms with Crippen LogP contribution in [-0.2, 0) is 16.1 Å². The van der Waals surface area contributed by atoms with Gasteiger partial charge in [0.1, 0.15) is 6.54 Å². The maximum atomic E-state index is 11.2. The lowest BCUT2D eigenvalue weighted by Gasteiger charge is -2.00. The number of nitrogens with one attached hydrogen (secondary N) is 2. The van der Waals surface area contributed by atoms with Gasteiger partial charge in [0.05, 0.1) is 6.20 Å². The molecule has 7 heteroatoms. The topological polar surface area (TPSA) is 88.9 Å². The number of amides is 2. The van der Waals surface area contributed by atoms with Crippen molar-refractivity contribution in [2.75, 3.05) is 11.9 Å². The predicted octanol–water partition coefficient (Wildman–Crippen LogP) is -0.237. The van der Waals surface area contributed by atoms with Gasteiger partial charge in [-0.15, -0.1) is 5.10 Å². The van der Waals surface area contributed by atoms with Crippen molar-refractivity contribution in [3.05, 3.63) is 6.20 Å². The molecule has 1 rings (SSSR count). The third-order valence-corrected chi connectivity index (χ3v) is 1.81. The van der Waals surface area contributed by atoms with E-state index in [1.807, 2.05) is 6.92 Å². The Bertz CT molecular complexity index is 374. The van der Waals surface area contributed by atoms with E-state index in [1.54, 1.807) is 6.92 Å². The summed E-state index contributed by atoms with van der Waals surface area (Å²) in [6.07, 6.45) is 1.89. The number of carbonyl (C=O) groups excluding carboxylic acids is 2. The van der Waals surface area contributed by atoms with Gasteiger partial charge < -0.3 is 10.6 Å². The molecule has 0 aliphatic rings. The number of aromatic nitrogens is 3. The van der Waals surface area contributed by atoms with Crippen LogP contribution >= 0.6 is 0 Å². The van der Waals surface area contributed by atoms with E-state index in [2.05, 4.69) is 20.9 Å². The quantitative estimate of drug-likeness (QED) is 0.724. The summed E-state index contributed by atoms with van der Waals surface area (Å²) in [5.41, 5.74) is 0. The Hall–Kier alpha value is -1.92. The Kier molecular flexibility index (Phi) is 4.43. The predicted molar refractivity (Wildman–Crippen MR) is 57.6 cm³/mol. The van der Waals surface area contributed by atoms with Gasteiger partial charge in [0.15, 0.2) is 5.82 Å². The van der Waals surface area contributed by atoms with Gasteiger partial charge in [-0.1, -0.05) is 12.1 Å². The first-order valence-corrected chi connectivity index (χ1v) is 5.12. The number of carbonyl (C=O) groups is 2. The van der Waals surface area contributed by atoms with Crippen LogP contribution in [0.3, 0.4) is 0 Å². The SMILES string of the molecule is CCNC(=O)Cn1cc(NC(=O)CC)nn1. The van der Waals surface area contributed by atoms with E-state index in [4.69, 9.17) is 0 Å². The maximum Gasteiger partial charge on any atom is 0.241 e. The summed E-state index contributed by atoms with van der Waals surface area (Å²) in [6.45, 7) is 4.26. The van der Waals surface area contributed by atoms with Gasteiger partial charge >= 0.3 is 0 Å². The minimum atomic E-state index is -0.138. The summed E-state index contributed by atoms with van der Waals surface area (Å²) in [6, 6.07) is 0. The average Bonchev–Trinajstić information content (AvgIpc) is 2.65. The van der Waals surface area contributed by atoms with Gasteiger partial charge in [-0.05, 0) is 6.92 Å². The molecule has 0 saturated heterocycles. The fourth-order valence-corrected chi connectivity index (χ4v) is 1.06. The van der Waals surface area contributed by atoms with Crippen molar-refractivity contribution in [2.45, 2.75) is 26.8 Å². The Labute approximate surface area is 93.2 Å². The van der Waals surface area contributed by atoms with Crippen LogP contribution in [0.2, 0.25) is 0 Å². The molecule has 16 heavy (non-hydrogen) atoms. The van der Waals surface area contributed by atoms with Crippen LogP contribution < -0.4 is 10.6 Å². The molecule has 0 atom stereocenters. The van der Waals surface area contributed by atoms with E-state index in [0.717, 1.165) is 0 Å². The van der Waals surface area contributed by atoms with Crippen LogP contribution in [0.4, 0.5) is 5.82 Å². The Morgan fingerprint density at radius 1 is 1.38 bits per heavy atom.